The first kappa shape index (κ1) is 19.4. The number of carbonyl (C=O) groups is 4. The number of ketones is 1. The average Bonchev–Trinajstić information content (AvgIpc) is 2.61. The highest BCUT2D eigenvalue weighted by molar-refractivity contribution is 6.20. The van der Waals surface area contributed by atoms with E-state index in [1.54, 1.807) is 13.8 Å². The molecular formula is C19H19F2N3O5. The molecule has 1 aromatic rings. The van der Waals surface area contributed by atoms with Crippen molar-refractivity contribution in [2.75, 3.05) is 11.4 Å². The van der Waals surface area contributed by atoms with E-state index in [1.165, 1.54) is 11.0 Å². The number of rotatable bonds is 1. The molecule has 0 bridgehead atoms. The van der Waals surface area contributed by atoms with E-state index in [1.807, 2.05) is 0 Å². The number of carbonyl (C=O) groups excluding carboxylic acids is 4. The number of halogens is 2. The summed E-state index contributed by atoms with van der Waals surface area (Å²) in [5.74, 6) is -4.85. The Morgan fingerprint density at radius 1 is 1.17 bits per heavy atom. The van der Waals surface area contributed by atoms with Crippen molar-refractivity contribution < 1.29 is 32.7 Å². The zero-order chi connectivity index (χ0) is 21.2. The number of amides is 4. The maximum absolute atomic E-state index is 15.1. The molecule has 0 aromatic heterocycles. The molecule has 1 aromatic carbocycles. The van der Waals surface area contributed by atoms with E-state index in [0.717, 1.165) is 6.92 Å². The molecule has 8 nitrogen and oxygen atoms in total. The molecule has 2 saturated heterocycles. The second-order valence-corrected chi connectivity index (χ2v) is 7.75. The van der Waals surface area contributed by atoms with Crippen molar-refractivity contribution in [2.45, 2.75) is 45.4 Å². The number of anilines is 1. The quantitative estimate of drug-likeness (QED) is 0.533. The first-order chi connectivity index (χ1) is 13.6. The molecule has 0 saturated carbocycles. The molecular weight excluding hydrogens is 388 g/mol. The third kappa shape index (κ3) is 2.58. The van der Waals surface area contributed by atoms with Crippen molar-refractivity contribution >= 4 is 29.3 Å². The lowest BCUT2D eigenvalue weighted by atomic mass is 9.66. The summed E-state index contributed by atoms with van der Waals surface area (Å²) in [5.41, 5.74) is -2.22. The average molecular weight is 407 g/mol. The first-order valence-corrected chi connectivity index (χ1v) is 9.18. The van der Waals surface area contributed by atoms with E-state index >= 15 is 4.39 Å². The Morgan fingerprint density at radius 3 is 2.38 bits per heavy atom. The molecule has 3 aliphatic rings. The van der Waals surface area contributed by atoms with Gasteiger partial charge < -0.3 is 9.64 Å². The largest absolute Gasteiger partial charge is 0.372 e. The number of ether oxygens (including phenoxy) is 1. The minimum absolute atomic E-state index is 0.0913. The van der Waals surface area contributed by atoms with E-state index in [2.05, 4.69) is 10.6 Å². The van der Waals surface area contributed by atoms with Crippen LogP contribution in [0.25, 0.3) is 0 Å². The molecule has 154 valence electrons. The molecule has 1 spiro atoms. The lowest BCUT2D eigenvalue weighted by Crippen LogP contribution is -2.75. The van der Waals surface area contributed by atoms with Crippen LogP contribution in [0.3, 0.4) is 0 Å². The first-order valence-electron chi connectivity index (χ1n) is 9.18. The molecule has 29 heavy (non-hydrogen) atoms. The Bertz CT molecular complexity index is 959. The zero-order valence-electron chi connectivity index (χ0n) is 16.0. The number of urea groups is 1. The van der Waals surface area contributed by atoms with Crippen molar-refractivity contribution in [3.05, 3.63) is 28.8 Å². The fraction of sp³-hybridized carbons (Fsp3) is 0.474. The van der Waals surface area contributed by atoms with Gasteiger partial charge in [-0.3, -0.25) is 25.0 Å². The Balaban J connectivity index is 1.99. The number of hydrogen-bond acceptors (Lipinski definition) is 6. The smallest absolute Gasteiger partial charge is 0.328 e. The molecule has 10 heteroatoms. The predicted molar refractivity (Wildman–Crippen MR) is 95.3 cm³/mol. The summed E-state index contributed by atoms with van der Waals surface area (Å²) in [6.45, 7) is 4.56. The number of barbiturate groups is 1. The summed E-state index contributed by atoms with van der Waals surface area (Å²) < 4.78 is 35.4. The van der Waals surface area contributed by atoms with Gasteiger partial charge in [0.25, 0.3) is 0 Å². The summed E-state index contributed by atoms with van der Waals surface area (Å²) in [6.07, 6.45) is -1.41. The zero-order valence-corrected chi connectivity index (χ0v) is 16.0. The second-order valence-electron chi connectivity index (χ2n) is 7.75. The Labute approximate surface area is 164 Å². The van der Waals surface area contributed by atoms with E-state index in [9.17, 15) is 23.6 Å². The van der Waals surface area contributed by atoms with Crippen LogP contribution in [-0.4, -0.2) is 48.4 Å². The molecule has 0 radical (unpaired) electrons. The van der Waals surface area contributed by atoms with Gasteiger partial charge in [0.15, 0.2) is 22.8 Å². The fourth-order valence-electron chi connectivity index (χ4n) is 4.79. The van der Waals surface area contributed by atoms with E-state index in [4.69, 9.17) is 4.74 Å². The lowest BCUT2D eigenvalue weighted by molar-refractivity contribution is -0.153. The number of fused-ring (bicyclic) bond motifs is 4. The standard InChI is InChI=1S/C19H19F2N3O5/c1-7-6-24-14-10(4-11(8(2)25)12(20)13(14)21)5-19(15(24)9(3)29-7)16(26)22-18(28)23-17(19)27/h4,7,9,15H,5-6H2,1-3H3,(H2,22,23,26,27,28). The molecule has 2 N–H and O–H groups in total. The Morgan fingerprint density at radius 2 is 1.79 bits per heavy atom. The van der Waals surface area contributed by atoms with Crippen molar-refractivity contribution in [1.29, 1.82) is 0 Å². The highest BCUT2D eigenvalue weighted by Gasteiger charge is 2.63. The van der Waals surface area contributed by atoms with Gasteiger partial charge in [-0.2, -0.15) is 0 Å². The number of nitrogens with zero attached hydrogens (tertiary/aromatic N) is 1. The Kier molecular flexibility index (Phi) is 4.23. The van der Waals surface area contributed by atoms with E-state index < -0.39 is 64.5 Å². The van der Waals surface area contributed by atoms with Gasteiger partial charge in [-0.15, -0.1) is 0 Å². The third-order valence-corrected chi connectivity index (χ3v) is 5.85. The highest BCUT2D eigenvalue weighted by Crippen LogP contribution is 2.48. The number of benzene rings is 1. The molecule has 3 unspecified atom stereocenters. The number of hydrogen-bond donors (Lipinski definition) is 2. The summed E-state index contributed by atoms with van der Waals surface area (Å²) in [6, 6.07) is -0.748. The number of morpholine rings is 1. The van der Waals surface area contributed by atoms with Crippen LogP contribution in [0.15, 0.2) is 6.07 Å². The molecule has 4 rings (SSSR count). The van der Waals surface area contributed by atoms with Crippen molar-refractivity contribution in [1.82, 2.24) is 10.6 Å². The van der Waals surface area contributed by atoms with Gasteiger partial charge in [-0.25, -0.2) is 13.6 Å². The van der Waals surface area contributed by atoms with Gasteiger partial charge in [-0.1, -0.05) is 0 Å². The van der Waals surface area contributed by atoms with Crippen LogP contribution in [0.2, 0.25) is 0 Å². The van der Waals surface area contributed by atoms with Crippen LogP contribution in [0.5, 0.6) is 0 Å². The summed E-state index contributed by atoms with van der Waals surface area (Å²) in [7, 11) is 0. The monoisotopic (exact) mass is 407 g/mol. The van der Waals surface area contributed by atoms with Crippen LogP contribution in [0, 0.1) is 17.0 Å². The van der Waals surface area contributed by atoms with Crippen molar-refractivity contribution in [2.24, 2.45) is 5.41 Å². The van der Waals surface area contributed by atoms with Gasteiger partial charge in [0, 0.05) is 13.0 Å². The van der Waals surface area contributed by atoms with Crippen LogP contribution in [0.4, 0.5) is 19.3 Å². The van der Waals surface area contributed by atoms with Crippen LogP contribution < -0.4 is 15.5 Å². The van der Waals surface area contributed by atoms with Gasteiger partial charge >= 0.3 is 6.03 Å². The van der Waals surface area contributed by atoms with Gasteiger partial charge in [0.05, 0.1) is 29.5 Å². The molecule has 0 aliphatic carbocycles. The summed E-state index contributed by atoms with van der Waals surface area (Å²) >= 11 is 0. The minimum Gasteiger partial charge on any atom is -0.372 e. The van der Waals surface area contributed by atoms with Crippen LogP contribution in [0.1, 0.15) is 36.7 Å². The third-order valence-electron chi connectivity index (χ3n) is 5.85. The molecule has 3 heterocycles. The summed E-state index contributed by atoms with van der Waals surface area (Å²) in [4.78, 5) is 50.8. The van der Waals surface area contributed by atoms with Crippen molar-refractivity contribution in [3.8, 4) is 0 Å². The van der Waals surface area contributed by atoms with Gasteiger partial charge in [0.2, 0.25) is 11.8 Å². The molecule has 3 aliphatic heterocycles. The Hall–Kier alpha value is -2.88. The molecule has 4 amide bonds. The van der Waals surface area contributed by atoms with E-state index in [0.29, 0.717) is 0 Å². The highest BCUT2D eigenvalue weighted by atomic mass is 19.2. The SMILES string of the molecule is CC(=O)c1cc2c(c(F)c1F)N1CC(C)OC(C)C1C1(C2)C(=O)NC(=O)NC1=O. The van der Waals surface area contributed by atoms with Gasteiger partial charge in [0.1, 0.15) is 0 Å². The maximum atomic E-state index is 15.1. The van der Waals surface area contributed by atoms with Gasteiger partial charge in [-0.05, 0) is 32.4 Å². The second kappa shape index (κ2) is 6.31. The molecule has 2 fully saturated rings. The number of nitrogens with one attached hydrogen (secondary N) is 2. The fourth-order valence-corrected chi connectivity index (χ4v) is 4.79. The summed E-state index contributed by atoms with van der Waals surface area (Å²) in [5, 5.41) is 4.20. The van der Waals surface area contributed by atoms with E-state index in [-0.39, 0.29) is 24.2 Å². The maximum Gasteiger partial charge on any atom is 0.328 e. The van der Waals surface area contributed by atoms with Crippen LogP contribution >= 0.6 is 0 Å². The predicted octanol–water partition coefficient (Wildman–Crippen LogP) is 1.06. The topological polar surface area (TPSA) is 105 Å². The number of imide groups is 2. The van der Waals surface area contributed by atoms with Crippen molar-refractivity contribution in [3.63, 3.8) is 0 Å². The molecule has 3 atom stereocenters. The number of Topliss-reactive ketones (excluding diaryl/α,β-unsaturated/α-hetero) is 1. The normalized spacial score (nSPS) is 27.8. The lowest BCUT2D eigenvalue weighted by Gasteiger charge is -2.55. The minimum atomic E-state index is -1.81. The van der Waals surface area contributed by atoms with Crippen LogP contribution in [-0.2, 0) is 20.7 Å².